The van der Waals surface area contributed by atoms with E-state index >= 15 is 0 Å². The highest BCUT2D eigenvalue weighted by molar-refractivity contribution is 7.89. The van der Waals surface area contributed by atoms with Crippen molar-refractivity contribution in [2.45, 2.75) is 43.9 Å². The van der Waals surface area contributed by atoms with Gasteiger partial charge in [-0.3, -0.25) is 4.79 Å². The smallest absolute Gasteiger partial charge is 0.310 e. The van der Waals surface area contributed by atoms with Gasteiger partial charge in [-0.25, -0.2) is 13.4 Å². The summed E-state index contributed by atoms with van der Waals surface area (Å²) in [6, 6.07) is 8.98. The van der Waals surface area contributed by atoms with Crippen LogP contribution in [0.5, 0.6) is 0 Å². The summed E-state index contributed by atoms with van der Waals surface area (Å²) in [6.07, 6.45) is 4.67. The number of carbonyl (C=O) groups excluding carboxylic acids is 1. The van der Waals surface area contributed by atoms with Gasteiger partial charge in [0.2, 0.25) is 10.0 Å². The van der Waals surface area contributed by atoms with Crippen LogP contribution < -0.4 is 4.90 Å². The first kappa shape index (κ1) is 21.1. The van der Waals surface area contributed by atoms with E-state index < -0.39 is 10.0 Å². The average Bonchev–Trinajstić information content (AvgIpc) is 2.79. The van der Waals surface area contributed by atoms with Crippen molar-refractivity contribution in [1.29, 1.82) is 0 Å². The zero-order valence-electron chi connectivity index (χ0n) is 17.4. The number of carbonyl (C=O) groups is 1. The number of nitrogens with zero attached hydrogens (tertiary/aromatic N) is 3. The summed E-state index contributed by atoms with van der Waals surface area (Å²) in [5, 5.41) is 0.802. The second kappa shape index (κ2) is 8.89. The van der Waals surface area contributed by atoms with E-state index in [1.807, 2.05) is 19.1 Å². The van der Waals surface area contributed by atoms with Gasteiger partial charge in [-0.2, -0.15) is 4.31 Å². The number of hydrogen-bond acceptors (Lipinski definition) is 6. The first-order valence-corrected chi connectivity index (χ1v) is 12.3. The van der Waals surface area contributed by atoms with Gasteiger partial charge in [0.25, 0.3) is 0 Å². The fourth-order valence-corrected chi connectivity index (χ4v) is 5.87. The summed E-state index contributed by atoms with van der Waals surface area (Å²) < 4.78 is 32.7. The van der Waals surface area contributed by atoms with Crippen molar-refractivity contribution in [3.63, 3.8) is 0 Å². The molecule has 30 heavy (non-hydrogen) atoms. The standard InChI is InChI=1S/C22H29N3O4S/c1-2-29-22(26)18-7-6-12-24(16-18)21-11-8-17-15-19(9-10-20(17)23-21)30(27,28)25-13-4-3-5-14-25/h8-11,15,18H,2-7,12-14,16H2,1H3/t18-/m1/s1. The van der Waals surface area contributed by atoms with Gasteiger partial charge < -0.3 is 9.64 Å². The molecule has 2 fully saturated rings. The number of anilines is 1. The molecule has 1 atom stereocenters. The molecule has 8 heteroatoms. The van der Waals surface area contributed by atoms with Gasteiger partial charge in [0, 0.05) is 31.6 Å². The molecule has 3 heterocycles. The summed E-state index contributed by atoms with van der Waals surface area (Å²) >= 11 is 0. The fraction of sp³-hybridized carbons (Fsp3) is 0.545. The molecule has 2 aliphatic heterocycles. The van der Waals surface area contributed by atoms with Crippen molar-refractivity contribution in [2.24, 2.45) is 5.92 Å². The molecule has 1 aromatic heterocycles. The molecule has 0 aliphatic carbocycles. The van der Waals surface area contributed by atoms with Gasteiger partial charge in [0.05, 0.1) is 22.9 Å². The zero-order valence-corrected chi connectivity index (χ0v) is 18.2. The largest absolute Gasteiger partial charge is 0.466 e. The Morgan fingerprint density at radius 2 is 1.90 bits per heavy atom. The van der Waals surface area contributed by atoms with Gasteiger partial charge in [-0.15, -0.1) is 0 Å². The molecule has 0 N–H and O–H groups in total. The third-order valence-electron chi connectivity index (χ3n) is 5.96. The quantitative estimate of drug-likeness (QED) is 0.677. The van der Waals surface area contributed by atoms with E-state index in [2.05, 4.69) is 4.90 Å². The van der Waals surface area contributed by atoms with Crippen molar-refractivity contribution in [1.82, 2.24) is 9.29 Å². The first-order chi connectivity index (χ1) is 14.5. The maximum absolute atomic E-state index is 13.0. The lowest BCUT2D eigenvalue weighted by Gasteiger charge is -2.32. The predicted octanol–water partition coefficient (Wildman–Crippen LogP) is 3.19. The predicted molar refractivity (Wildman–Crippen MR) is 116 cm³/mol. The second-order valence-corrected chi connectivity index (χ2v) is 9.96. The zero-order chi connectivity index (χ0) is 21.1. The SMILES string of the molecule is CCOC(=O)[C@@H]1CCCN(c2ccc3cc(S(=O)(=O)N4CCCCC4)ccc3n2)C1. The molecular weight excluding hydrogens is 402 g/mol. The van der Waals surface area contributed by atoms with Crippen LogP contribution >= 0.6 is 0 Å². The molecule has 7 nitrogen and oxygen atoms in total. The molecule has 0 spiro atoms. The molecular formula is C22H29N3O4S. The summed E-state index contributed by atoms with van der Waals surface area (Å²) in [6.45, 7) is 4.84. The molecule has 0 unspecified atom stereocenters. The number of pyridine rings is 1. The van der Waals surface area contributed by atoms with Crippen molar-refractivity contribution < 1.29 is 17.9 Å². The average molecular weight is 432 g/mol. The summed E-state index contributed by atoms with van der Waals surface area (Å²) in [7, 11) is -3.46. The van der Waals surface area contributed by atoms with Crippen LogP contribution in [0.2, 0.25) is 0 Å². The molecule has 0 amide bonds. The van der Waals surface area contributed by atoms with Crippen LogP contribution in [0.4, 0.5) is 5.82 Å². The van der Waals surface area contributed by atoms with Crippen molar-refractivity contribution >= 4 is 32.7 Å². The molecule has 0 bridgehead atoms. The third-order valence-corrected chi connectivity index (χ3v) is 7.86. The van der Waals surface area contributed by atoms with Crippen LogP contribution in [0.3, 0.4) is 0 Å². The van der Waals surface area contributed by atoms with Crippen LogP contribution in [-0.2, 0) is 19.6 Å². The van der Waals surface area contributed by atoms with Crippen molar-refractivity contribution in [3.05, 3.63) is 30.3 Å². The van der Waals surface area contributed by atoms with Crippen LogP contribution in [0.1, 0.15) is 39.0 Å². The number of aromatic nitrogens is 1. The number of ether oxygens (including phenoxy) is 1. The highest BCUT2D eigenvalue weighted by Gasteiger charge is 2.28. The van der Waals surface area contributed by atoms with E-state index in [1.165, 1.54) is 0 Å². The van der Waals surface area contributed by atoms with Crippen molar-refractivity contribution in [3.8, 4) is 0 Å². The van der Waals surface area contributed by atoms with E-state index in [0.29, 0.717) is 31.1 Å². The monoisotopic (exact) mass is 431 g/mol. The Morgan fingerprint density at radius 1 is 1.10 bits per heavy atom. The number of fused-ring (bicyclic) bond motifs is 1. The van der Waals surface area contributed by atoms with E-state index in [-0.39, 0.29) is 11.9 Å². The second-order valence-electron chi connectivity index (χ2n) is 8.03. The molecule has 2 saturated heterocycles. The van der Waals surface area contributed by atoms with E-state index in [4.69, 9.17) is 9.72 Å². The fourth-order valence-electron chi connectivity index (χ4n) is 4.32. The maximum Gasteiger partial charge on any atom is 0.310 e. The molecule has 1 aromatic carbocycles. The molecule has 0 saturated carbocycles. The Morgan fingerprint density at radius 3 is 2.67 bits per heavy atom. The Hall–Kier alpha value is -2.19. The third kappa shape index (κ3) is 4.30. The minimum Gasteiger partial charge on any atom is -0.466 e. The summed E-state index contributed by atoms with van der Waals surface area (Å²) in [5.41, 5.74) is 0.753. The summed E-state index contributed by atoms with van der Waals surface area (Å²) in [4.78, 5) is 19.3. The maximum atomic E-state index is 13.0. The molecule has 162 valence electrons. The topological polar surface area (TPSA) is 79.8 Å². The van der Waals surface area contributed by atoms with E-state index in [9.17, 15) is 13.2 Å². The minimum absolute atomic E-state index is 0.131. The van der Waals surface area contributed by atoms with Crippen LogP contribution in [0.25, 0.3) is 10.9 Å². The van der Waals surface area contributed by atoms with Gasteiger partial charge >= 0.3 is 5.97 Å². The van der Waals surface area contributed by atoms with Crippen LogP contribution in [-0.4, -0.2) is 56.5 Å². The van der Waals surface area contributed by atoms with E-state index in [1.54, 1.807) is 22.5 Å². The molecule has 4 rings (SSSR count). The lowest BCUT2D eigenvalue weighted by molar-refractivity contribution is -0.148. The lowest BCUT2D eigenvalue weighted by atomic mass is 9.98. The first-order valence-electron chi connectivity index (χ1n) is 10.8. The van der Waals surface area contributed by atoms with Gasteiger partial charge in [-0.05, 0) is 62.9 Å². The van der Waals surface area contributed by atoms with Crippen molar-refractivity contribution in [2.75, 3.05) is 37.7 Å². The molecule has 2 aliphatic rings. The minimum atomic E-state index is -3.46. The molecule has 0 radical (unpaired) electrons. The van der Waals surface area contributed by atoms with Gasteiger partial charge in [0.1, 0.15) is 5.82 Å². The van der Waals surface area contributed by atoms with Gasteiger partial charge in [0.15, 0.2) is 0 Å². The number of sulfonamides is 1. The number of rotatable bonds is 5. The number of esters is 1. The lowest BCUT2D eigenvalue weighted by Crippen LogP contribution is -2.39. The van der Waals surface area contributed by atoms with Crippen LogP contribution in [0.15, 0.2) is 35.2 Å². The normalized spacial score (nSPS) is 21.0. The molecule has 2 aromatic rings. The number of piperidine rings is 2. The Labute approximate surface area is 178 Å². The highest BCUT2D eigenvalue weighted by atomic mass is 32.2. The highest BCUT2D eigenvalue weighted by Crippen LogP contribution is 2.27. The summed E-state index contributed by atoms with van der Waals surface area (Å²) in [5.74, 6) is 0.534. The Balaban J connectivity index is 1.55. The Kier molecular flexibility index (Phi) is 6.24. The van der Waals surface area contributed by atoms with Crippen LogP contribution in [0, 0.1) is 5.92 Å². The Bertz CT molecular complexity index is 1020. The number of hydrogen-bond donors (Lipinski definition) is 0. The van der Waals surface area contributed by atoms with E-state index in [0.717, 1.165) is 55.4 Å². The number of benzene rings is 1. The van der Waals surface area contributed by atoms with Gasteiger partial charge in [-0.1, -0.05) is 6.42 Å².